The Morgan fingerprint density at radius 2 is 1.96 bits per heavy atom. The van der Waals surface area contributed by atoms with Gasteiger partial charge in [-0.3, -0.25) is 4.79 Å². The first kappa shape index (κ1) is 14.9. The smallest absolute Gasteiger partial charge is 0.381 e. The van der Waals surface area contributed by atoms with Gasteiger partial charge in [-0.2, -0.15) is 18.3 Å². The molecule has 1 spiro atoms. The van der Waals surface area contributed by atoms with Crippen molar-refractivity contribution in [3.63, 3.8) is 0 Å². The summed E-state index contributed by atoms with van der Waals surface area (Å²) in [5.41, 5.74) is 1.28. The summed E-state index contributed by atoms with van der Waals surface area (Å²) in [4.78, 5) is 12.6. The molecule has 1 aliphatic carbocycles. The quantitative estimate of drug-likeness (QED) is 0.744. The van der Waals surface area contributed by atoms with Gasteiger partial charge in [0.25, 0.3) is 0 Å². The number of carbonyl (C=O) groups is 1. The number of dihydropyridines is 1. The maximum atomic E-state index is 13.1. The van der Waals surface area contributed by atoms with Crippen molar-refractivity contribution in [1.29, 1.82) is 0 Å². The Hall–Kier alpha value is -1.70. The second kappa shape index (κ2) is 4.90. The Morgan fingerprint density at radius 3 is 2.65 bits per heavy atom. The number of hydrogen-bond donors (Lipinski definition) is 1. The van der Waals surface area contributed by atoms with E-state index in [2.05, 4.69) is 15.5 Å². The monoisotopic (exact) mass is 327 g/mol. The van der Waals surface area contributed by atoms with Crippen LogP contribution in [0.4, 0.5) is 13.2 Å². The summed E-state index contributed by atoms with van der Waals surface area (Å²) in [5.74, 6) is -1.50. The van der Waals surface area contributed by atoms with Crippen molar-refractivity contribution < 1.29 is 22.7 Å². The number of Topliss-reactive ketones (excluding diaryl/α,β-unsaturated/α-hetero) is 1. The molecule has 3 aliphatic heterocycles. The molecule has 4 rings (SSSR count). The molecule has 0 bridgehead atoms. The van der Waals surface area contributed by atoms with Gasteiger partial charge in [0.2, 0.25) is 0 Å². The molecule has 3 heterocycles. The number of nitrogens with one attached hydrogen (secondary N) is 1. The van der Waals surface area contributed by atoms with Crippen LogP contribution in [0, 0.1) is 11.3 Å². The van der Waals surface area contributed by atoms with E-state index >= 15 is 0 Å². The number of hydrogen-bond acceptors (Lipinski definition) is 5. The summed E-state index contributed by atoms with van der Waals surface area (Å²) in [5, 5.41) is 11.0. The molecule has 0 aromatic carbocycles. The molecule has 23 heavy (non-hydrogen) atoms. The third-order valence-corrected chi connectivity index (χ3v) is 5.28. The third kappa shape index (κ3) is 2.14. The minimum atomic E-state index is -4.37. The fourth-order valence-electron chi connectivity index (χ4n) is 4.17. The zero-order valence-electron chi connectivity index (χ0n) is 12.4. The molecule has 0 radical (unpaired) electrons. The lowest BCUT2D eigenvalue weighted by atomic mass is 9.62. The van der Waals surface area contributed by atoms with Crippen molar-refractivity contribution in [1.82, 2.24) is 5.32 Å². The van der Waals surface area contributed by atoms with Crippen molar-refractivity contribution in [2.45, 2.75) is 31.9 Å². The van der Waals surface area contributed by atoms with Crippen LogP contribution in [0.25, 0.3) is 0 Å². The molecule has 1 N–H and O–H groups in total. The van der Waals surface area contributed by atoms with E-state index in [1.54, 1.807) is 0 Å². The molecule has 0 amide bonds. The van der Waals surface area contributed by atoms with E-state index in [0.717, 1.165) is 5.57 Å². The van der Waals surface area contributed by atoms with Crippen LogP contribution in [-0.4, -0.2) is 31.7 Å². The van der Waals surface area contributed by atoms with Crippen LogP contribution in [0.5, 0.6) is 0 Å². The van der Waals surface area contributed by atoms with Gasteiger partial charge >= 0.3 is 6.18 Å². The summed E-state index contributed by atoms with van der Waals surface area (Å²) >= 11 is 0. The standard InChI is InChI=1S/C15H16F3N3O2/c16-15(17,18)8-5-10-12(11(22)6-8)14(1-3-23-4-2-14)9-7-19-21-13(9)20-10/h8,20H,1-7H2. The van der Waals surface area contributed by atoms with Crippen molar-refractivity contribution in [2.24, 2.45) is 21.6 Å². The molecule has 0 saturated carbocycles. The lowest BCUT2D eigenvalue weighted by Gasteiger charge is -2.45. The molecule has 124 valence electrons. The van der Waals surface area contributed by atoms with E-state index in [4.69, 9.17) is 4.74 Å². The molecule has 1 saturated heterocycles. The van der Waals surface area contributed by atoms with Gasteiger partial charge in [0.15, 0.2) is 11.6 Å². The number of azo groups is 1. The highest BCUT2D eigenvalue weighted by Gasteiger charge is 2.53. The number of nitrogens with zero attached hydrogens (tertiary/aromatic N) is 2. The van der Waals surface area contributed by atoms with Crippen molar-refractivity contribution in [3.8, 4) is 0 Å². The third-order valence-electron chi connectivity index (χ3n) is 5.28. The topological polar surface area (TPSA) is 63.0 Å². The van der Waals surface area contributed by atoms with Gasteiger partial charge in [-0.25, -0.2) is 0 Å². The SMILES string of the molecule is O=C1CC(C(F)(F)F)CC2=C1C1(CCOCC1)C1=C(N=NC1)N2. The number of alkyl halides is 3. The summed E-state index contributed by atoms with van der Waals surface area (Å²) in [7, 11) is 0. The van der Waals surface area contributed by atoms with Crippen LogP contribution in [0.3, 0.4) is 0 Å². The lowest BCUT2D eigenvalue weighted by Crippen LogP contribution is -2.46. The molecule has 5 nitrogen and oxygen atoms in total. The molecular weight excluding hydrogens is 311 g/mol. The Morgan fingerprint density at radius 1 is 1.22 bits per heavy atom. The normalized spacial score (nSPS) is 29.7. The van der Waals surface area contributed by atoms with E-state index in [-0.39, 0.29) is 6.42 Å². The average molecular weight is 327 g/mol. The largest absolute Gasteiger partial charge is 0.392 e. The lowest BCUT2D eigenvalue weighted by molar-refractivity contribution is -0.179. The fourth-order valence-corrected chi connectivity index (χ4v) is 4.17. The summed E-state index contributed by atoms with van der Waals surface area (Å²) < 4.78 is 44.7. The highest BCUT2D eigenvalue weighted by atomic mass is 19.4. The first-order valence-electron chi connectivity index (χ1n) is 7.71. The predicted octanol–water partition coefficient (Wildman–Crippen LogP) is 2.86. The molecule has 0 aromatic heterocycles. The van der Waals surface area contributed by atoms with Gasteiger partial charge in [0.1, 0.15) is 0 Å². The Labute approximate surface area is 130 Å². The summed E-state index contributed by atoms with van der Waals surface area (Å²) in [6, 6.07) is 0. The van der Waals surface area contributed by atoms with Crippen LogP contribution in [-0.2, 0) is 9.53 Å². The van der Waals surface area contributed by atoms with Crippen molar-refractivity contribution in [3.05, 3.63) is 22.7 Å². The van der Waals surface area contributed by atoms with E-state index < -0.39 is 29.7 Å². The number of ketones is 1. The minimum Gasteiger partial charge on any atom is -0.381 e. The molecule has 1 unspecified atom stereocenters. The molecular formula is C15H16F3N3O2. The summed E-state index contributed by atoms with van der Waals surface area (Å²) in [6.45, 7) is 1.38. The fraction of sp³-hybridized carbons (Fsp3) is 0.667. The van der Waals surface area contributed by atoms with Crippen LogP contribution < -0.4 is 5.32 Å². The van der Waals surface area contributed by atoms with E-state index in [9.17, 15) is 18.0 Å². The van der Waals surface area contributed by atoms with Crippen molar-refractivity contribution in [2.75, 3.05) is 19.8 Å². The maximum Gasteiger partial charge on any atom is 0.392 e. The Bertz CT molecular complexity index is 657. The molecule has 1 fully saturated rings. The first-order chi connectivity index (χ1) is 10.9. The number of halogens is 3. The van der Waals surface area contributed by atoms with Gasteiger partial charge < -0.3 is 10.1 Å². The Balaban J connectivity index is 1.79. The summed E-state index contributed by atoms with van der Waals surface area (Å²) in [6.07, 6.45) is -3.84. The number of allylic oxidation sites excluding steroid dienone is 2. The number of ether oxygens (including phenoxy) is 1. The average Bonchev–Trinajstić information content (AvgIpc) is 2.96. The van der Waals surface area contributed by atoms with Crippen LogP contribution >= 0.6 is 0 Å². The Kier molecular flexibility index (Phi) is 3.16. The first-order valence-corrected chi connectivity index (χ1v) is 7.71. The second-order valence-corrected chi connectivity index (χ2v) is 6.47. The van der Waals surface area contributed by atoms with Crippen molar-refractivity contribution >= 4 is 5.78 Å². The predicted molar refractivity (Wildman–Crippen MR) is 73.2 cm³/mol. The van der Waals surface area contributed by atoms with Gasteiger partial charge in [0.05, 0.1) is 12.5 Å². The van der Waals surface area contributed by atoms with Crippen LogP contribution in [0.15, 0.2) is 32.9 Å². The number of fused-ring (bicyclic) bond motifs is 2. The molecule has 1 atom stereocenters. The highest BCUT2D eigenvalue weighted by Crippen LogP contribution is 2.54. The van der Waals surface area contributed by atoms with Crippen LogP contribution in [0.2, 0.25) is 0 Å². The highest BCUT2D eigenvalue weighted by molar-refractivity contribution is 5.99. The number of rotatable bonds is 0. The molecule has 8 heteroatoms. The van der Waals surface area contributed by atoms with E-state index in [0.29, 0.717) is 49.7 Å². The molecule has 4 aliphatic rings. The minimum absolute atomic E-state index is 0.195. The van der Waals surface area contributed by atoms with Gasteiger partial charge in [-0.15, -0.1) is 5.11 Å². The zero-order valence-corrected chi connectivity index (χ0v) is 12.4. The van der Waals surface area contributed by atoms with Gasteiger partial charge in [-0.05, 0) is 19.3 Å². The van der Waals surface area contributed by atoms with E-state index in [1.807, 2.05) is 0 Å². The molecule has 0 aromatic rings. The number of carbonyl (C=O) groups excluding carboxylic acids is 1. The van der Waals surface area contributed by atoms with E-state index in [1.165, 1.54) is 0 Å². The maximum absolute atomic E-state index is 13.1. The van der Waals surface area contributed by atoms with Gasteiger partial charge in [0, 0.05) is 41.9 Å². The second-order valence-electron chi connectivity index (χ2n) is 6.47. The van der Waals surface area contributed by atoms with Gasteiger partial charge in [-0.1, -0.05) is 0 Å². The van der Waals surface area contributed by atoms with Crippen LogP contribution in [0.1, 0.15) is 25.7 Å². The zero-order chi connectivity index (χ0) is 16.2.